The van der Waals surface area contributed by atoms with E-state index in [2.05, 4.69) is 9.31 Å². The summed E-state index contributed by atoms with van der Waals surface area (Å²) in [5, 5.41) is 0. The van der Waals surface area contributed by atoms with Gasteiger partial charge in [0.1, 0.15) is 0 Å². The van der Waals surface area contributed by atoms with Crippen LogP contribution in [0.3, 0.4) is 0 Å². The van der Waals surface area contributed by atoms with Gasteiger partial charge in [-0.05, 0) is 0 Å². The van der Waals surface area contributed by atoms with Crippen molar-refractivity contribution in [2.45, 2.75) is 13.8 Å². The van der Waals surface area contributed by atoms with Crippen LogP contribution in [0.4, 0.5) is 0 Å². The third-order valence-corrected chi connectivity index (χ3v) is 1.38. The van der Waals surface area contributed by atoms with E-state index in [1.54, 1.807) is 13.8 Å². The van der Waals surface area contributed by atoms with Crippen LogP contribution in [0, 0.1) is 5.92 Å². The Hall–Kier alpha value is -0.960. The van der Waals surface area contributed by atoms with Gasteiger partial charge in [0.2, 0.25) is 0 Å². The van der Waals surface area contributed by atoms with Gasteiger partial charge in [-0.3, -0.25) is 4.79 Å². The van der Waals surface area contributed by atoms with Gasteiger partial charge in [0.25, 0.3) is 5.78 Å². The normalized spacial score (nSPS) is 12.0. The van der Waals surface area contributed by atoms with Gasteiger partial charge in [-0.1, -0.05) is 13.8 Å². The van der Waals surface area contributed by atoms with Crippen LogP contribution in [-0.2, 0) is 13.9 Å². The molecule has 1 atom stereocenters. The fraction of sp³-hybridized carbons (Fsp3) is 0.600. The lowest BCUT2D eigenvalue weighted by Crippen LogP contribution is -2.21. The first-order valence-corrected chi connectivity index (χ1v) is 4.42. The molecule has 0 aliphatic carbocycles. The maximum atomic E-state index is 11.0. The van der Waals surface area contributed by atoms with Gasteiger partial charge in [0.05, 0.1) is 0 Å². The van der Waals surface area contributed by atoms with Gasteiger partial charge >= 0.3 is 14.2 Å². The second-order valence-electron chi connectivity index (χ2n) is 2.29. The number of Topliss-reactive ketones (excluding diaryl/α,β-unsaturated/α-hetero) is 1. The Bertz CT molecular complexity index is 256. The lowest BCUT2D eigenvalue weighted by Gasteiger charge is -1.97. The average molecular weight is 192 g/mol. The minimum atomic E-state index is -3.28. The Labute approximate surface area is 69.7 Å². The Morgan fingerprint density at radius 1 is 1.67 bits per heavy atom. The summed E-state index contributed by atoms with van der Waals surface area (Å²) in [5.41, 5.74) is 8.20. The zero-order valence-electron chi connectivity index (χ0n) is 6.64. The van der Waals surface area contributed by atoms with Crippen molar-refractivity contribution in [1.82, 2.24) is 0 Å². The maximum Gasteiger partial charge on any atom is 0.525 e. The molecule has 1 unspecified atom stereocenters. The predicted molar refractivity (Wildman–Crippen MR) is 40.8 cm³/mol. The first-order valence-electron chi connectivity index (χ1n) is 3.16. The highest BCUT2D eigenvalue weighted by Gasteiger charge is 2.26. The first-order chi connectivity index (χ1) is 5.49. The molecule has 0 saturated heterocycles. The van der Waals surface area contributed by atoms with Crippen molar-refractivity contribution in [2.24, 2.45) is 5.92 Å². The average Bonchev–Trinajstić information content (AvgIpc) is 1.98. The molecule has 7 heteroatoms. The van der Waals surface area contributed by atoms with E-state index in [1.165, 1.54) is 0 Å². The molecule has 0 aromatic rings. The van der Waals surface area contributed by atoms with Crippen molar-refractivity contribution >= 4 is 19.9 Å². The molecule has 0 spiro atoms. The van der Waals surface area contributed by atoms with Gasteiger partial charge < -0.3 is 14.9 Å². The van der Waals surface area contributed by atoms with Crippen molar-refractivity contribution in [2.75, 3.05) is 0 Å². The highest BCUT2D eigenvalue weighted by atomic mass is 31.1. The summed E-state index contributed by atoms with van der Waals surface area (Å²) in [6.07, 6.45) is 0. The van der Waals surface area contributed by atoms with Crippen LogP contribution in [0.25, 0.3) is 5.53 Å². The van der Waals surface area contributed by atoms with E-state index in [9.17, 15) is 9.36 Å². The van der Waals surface area contributed by atoms with Crippen molar-refractivity contribution in [3.63, 3.8) is 0 Å². The molecule has 0 fully saturated rings. The van der Waals surface area contributed by atoms with Gasteiger partial charge in [0, 0.05) is 5.92 Å². The monoisotopic (exact) mass is 192 g/mol. The van der Waals surface area contributed by atoms with Crippen LogP contribution < -0.4 is 0 Å². The molecule has 68 valence electrons. The van der Waals surface area contributed by atoms with E-state index in [-0.39, 0.29) is 0 Å². The number of carbonyl (C=O) groups is 1. The highest BCUT2D eigenvalue weighted by Crippen LogP contribution is 2.15. The Morgan fingerprint density at radius 3 is 2.42 bits per heavy atom. The van der Waals surface area contributed by atoms with E-state index in [4.69, 9.17) is 10.4 Å². The highest BCUT2D eigenvalue weighted by molar-refractivity contribution is 7.33. The summed E-state index contributed by atoms with van der Waals surface area (Å²) in [7, 11) is -3.28. The smallest absolute Gasteiger partial charge is 0.357 e. The fourth-order valence-electron chi connectivity index (χ4n) is 0.450. The van der Waals surface area contributed by atoms with Crippen molar-refractivity contribution in [1.29, 1.82) is 0 Å². The lowest BCUT2D eigenvalue weighted by molar-refractivity contribution is -0.123. The van der Waals surface area contributed by atoms with Crippen LogP contribution in [0.5, 0.6) is 0 Å². The molecular weight excluding hydrogens is 183 g/mol. The van der Waals surface area contributed by atoms with Gasteiger partial charge in [-0.2, -0.15) is 0 Å². The summed E-state index contributed by atoms with van der Waals surface area (Å²) >= 11 is 0. The summed E-state index contributed by atoms with van der Waals surface area (Å²) in [4.78, 5) is 21.7. The van der Waals surface area contributed by atoms with Gasteiger partial charge in [-0.25, -0.2) is 4.57 Å². The number of ketones is 1. The van der Waals surface area contributed by atoms with Crippen molar-refractivity contribution in [3.8, 4) is 0 Å². The standard InChI is InChI=1S/C5H9N2O4P/c1-3(2)4(8)5(7-6)11-12(9)10/h3,12H,1-2H3,(H,9,10). The minimum absolute atomic E-state index is 0.447. The van der Waals surface area contributed by atoms with Gasteiger partial charge in [-0.15, -0.1) is 4.79 Å². The second kappa shape index (κ2) is 4.83. The van der Waals surface area contributed by atoms with E-state index < -0.39 is 25.9 Å². The molecule has 0 rings (SSSR count). The van der Waals surface area contributed by atoms with Crippen molar-refractivity contribution in [3.05, 3.63) is 5.53 Å². The molecule has 0 aromatic carbocycles. The van der Waals surface area contributed by atoms with E-state index in [1.807, 2.05) is 0 Å². The third-order valence-electron chi connectivity index (χ3n) is 1.01. The van der Waals surface area contributed by atoms with Crippen LogP contribution in [0.2, 0.25) is 0 Å². The number of nitrogens with zero attached hydrogens (tertiary/aromatic N) is 2. The third kappa shape index (κ3) is 3.44. The zero-order chi connectivity index (χ0) is 9.72. The number of rotatable bonds is 3. The van der Waals surface area contributed by atoms with E-state index in [0.29, 0.717) is 0 Å². The lowest BCUT2D eigenvalue weighted by atomic mass is 10.1. The first kappa shape index (κ1) is 11.0. The minimum Gasteiger partial charge on any atom is -0.357 e. The molecule has 6 nitrogen and oxygen atoms in total. The van der Waals surface area contributed by atoms with Crippen LogP contribution in [0.1, 0.15) is 13.8 Å². The van der Waals surface area contributed by atoms with Crippen molar-refractivity contribution < 1.29 is 23.6 Å². The fourth-order valence-corrected chi connectivity index (χ4v) is 0.756. The largest absolute Gasteiger partial charge is 0.525 e. The number of carbonyl (C=O) groups excluding carboxylic acids is 1. The number of hydrogen-bond acceptors (Lipinski definition) is 3. The molecule has 0 aliphatic rings. The maximum absolute atomic E-state index is 11.0. The molecule has 0 saturated carbocycles. The predicted octanol–water partition coefficient (Wildman–Crippen LogP) is 0.238. The van der Waals surface area contributed by atoms with E-state index in [0.717, 1.165) is 0 Å². The summed E-state index contributed by atoms with van der Waals surface area (Å²) in [5.74, 6) is -1.79. The second-order valence-corrected chi connectivity index (χ2v) is 3.03. The van der Waals surface area contributed by atoms with Gasteiger partial charge in [0.15, 0.2) is 0 Å². The molecule has 0 amide bonds. The van der Waals surface area contributed by atoms with Crippen LogP contribution in [-0.4, -0.2) is 21.4 Å². The summed E-state index contributed by atoms with van der Waals surface area (Å²) in [6.45, 7) is 3.09. The zero-order valence-corrected chi connectivity index (χ0v) is 7.64. The Balaban J connectivity index is 4.49. The molecule has 0 heterocycles. The molecule has 0 aromatic heterocycles. The summed E-state index contributed by atoms with van der Waals surface area (Å²) in [6, 6.07) is 0. The molecule has 0 bridgehead atoms. The molecular formula is C5H9N2O4P. The molecule has 12 heavy (non-hydrogen) atoms. The quantitative estimate of drug-likeness (QED) is 0.227. The SMILES string of the molecule is CC(C)C(=O)C(=[N+]=[N-])O[PH](=O)O. The Kier molecular flexibility index (Phi) is 4.44. The topological polar surface area (TPSA) is 100 Å². The van der Waals surface area contributed by atoms with Crippen LogP contribution >= 0.6 is 8.25 Å². The molecule has 0 aliphatic heterocycles. The molecule has 1 N–H and O–H groups in total. The number of hydrogen-bond donors (Lipinski definition) is 1. The van der Waals surface area contributed by atoms with E-state index >= 15 is 0 Å². The molecule has 0 radical (unpaired) electrons. The Morgan fingerprint density at radius 2 is 2.17 bits per heavy atom. The summed E-state index contributed by atoms with van der Waals surface area (Å²) < 4.78 is 14.2. The van der Waals surface area contributed by atoms with Crippen LogP contribution in [0.15, 0.2) is 0 Å².